The molecule has 0 N–H and O–H groups in total. The van der Waals surface area contributed by atoms with Crippen LogP contribution in [0, 0.1) is 35.0 Å². The topological polar surface area (TPSA) is 133 Å². The molecule has 4 unspecified atom stereocenters. The van der Waals surface area contributed by atoms with Gasteiger partial charge >= 0.3 is 23.9 Å². The minimum atomic E-state index is -1.60. The summed E-state index contributed by atoms with van der Waals surface area (Å²) in [6.07, 6.45) is 26.7. The van der Waals surface area contributed by atoms with Crippen molar-refractivity contribution >= 4 is 53.4 Å². The maximum atomic E-state index is 13.1. The van der Waals surface area contributed by atoms with Gasteiger partial charge in [-0.05, 0) is 137 Å². The summed E-state index contributed by atoms with van der Waals surface area (Å²) in [7, 11) is -1.91. The van der Waals surface area contributed by atoms with Crippen LogP contribution in [0.15, 0.2) is 36.4 Å². The van der Waals surface area contributed by atoms with Gasteiger partial charge in [0.25, 0.3) is 10.0 Å². The number of rotatable bonds is 31. The Labute approximate surface area is 418 Å². The molecule has 0 amide bonds. The van der Waals surface area contributed by atoms with Crippen molar-refractivity contribution < 1.29 is 51.1 Å². The van der Waals surface area contributed by atoms with Crippen molar-refractivity contribution in [2.75, 3.05) is 26.4 Å². The summed E-state index contributed by atoms with van der Waals surface area (Å²) in [5.41, 5.74) is 0.720. The van der Waals surface area contributed by atoms with E-state index < -0.39 is 30.4 Å². The SMILES string of the molecule is C=C(C)C(=O)OCC(C)(C)COC(=O)C(C)CC1CC(CCC(=O)OCCCCCCCCOc2ccc(C(=O)OC3CCC(C4CCC(CCCCC)CC4)CC3)cc2)CCC[SiH]1O[SiH2]O[SiH3]. The van der Waals surface area contributed by atoms with Crippen LogP contribution in [0.5, 0.6) is 5.75 Å². The minimum Gasteiger partial charge on any atom is -0.494 e. The molecule has 2 aliphatic carbocycles. The van der Waals surface area contributed by atoms with Gasteiger partial charge in [0.2, 0.25) is 0 Å². The van der Waals surface area contributed by atoms with Gasteiger partial charge in [0.15, 0.2) is 9.04 Å². The number of hydrogen-bond acceptors (Lipinski definition) is 11. The molecule has 1 heterocycles. The van der Waals surface area contributed by atoms with E-state index in [-0.39, 0.29) is 43.1 Å². The Bertz CT molecular complexity index is 1620. The molecule has 0 bridgehead atoms. The van der Waals surface area contributed by atoms with E-state index in [4.69, 9.17) is 31.9 Å². The molecular weight excluding hydrogens is 909 g/mol. The zero-order valence-corrected chi connectivity index (χ0v) is 47.9. The van der Waals surface area contributed by atoms with E-state index in [9.17, 15) is 19.2 Å². The van der Waals surface area contributed by atoms with E-state index in [2.05, 4.69) is 13.5 Å². The summed E-state index contributed by atoms with van der Waals surface area (Å²) in [4.78, 5) is 50.7. The predicted octanol–water partition coefficient (Wildman–Crippen LogP) is 10.8. The average molecular weight is 1000 g/mol. The first-order chi connectivity index (χ1) is 32.8. The highest BCUT2D eigenvalue weighted by atomic mass is 28.4. The minimum absolute atomic E-state index is 0.0366. The zero-order valence-electron chi connectivity index (χ0n) is 43.3. The summed E-state index contributed by atoms with van der Waals surface area (Å²) < 4.78 is 40.6. The van der Waals surface area contributed by atoms with E-state index in [0.717, 1.165) is 107 Å². The number of hydrogen-bond donors (Lipinski definition) is 0. The highest BCUT2D eigenvalue weighted by Gasteiger charge is 2.35. The number of carbonyl (C=O) groups is 4. The second-order valence-electron chi connectivity index (χ2n) is 21.6. The first-order valence-corrected chi connectivity index (χ1v) is 30.9. The second kappa shape index (κ2) is 32.2. The predicted molar refractivity (Wildman–Crippen MR) is 279 cm³/mol. The van der Waals surface area contributed by atoms with Crippen LogP contribution in [-0.2, 0) is 41.6 Å². The summed E-state index contributed by atoms with van der Waals surface area (Å²) in [5.74, 6) is 2.49. The zero-order chi connectivity index (χ0) is 49.2. The molecule has 3 aliphatic rings. The van der Waals surface area contributed by atoms with E-state index >= 15 is 0 Å². The fraction of sp³-hybridized carbons (Fsp3) is 0.778. The van der Waals surface area contributed by atoms with Crippen LogP contribution < -0.4 is 4.74 Å². The van der Waals surface area contributed by atoms with Crippen LogP contribution in [0.2, 0.25) is 11.6 Å². The third kappa shape index (κ3) is 22.5. The molecule has 386 valence electrons. The largest absolute Gasteiger partial charge is 0.494 e. The Morgan fingerprint density at radius 3 is 2.10 bits per heavy atom. The maximum absolute atomic E-state index is 13.1. The molecule has 1 aliphatic heterocycles. The van der Waals surface area contributed by atoms with Crippen molar-refractivity contribution in [3.05, 3.63) is 42.0 Å². The third-order valence-electron chi connectivity index (χ3n) is 15.0. The van der Waals surface area contributed by atoms with Crippen molar-refractivity contribution in [3.63, 3.8) is 0 Å². The normalized spacial score (nSPS) is 23.9. The molecule has 1 aromatic carbocycles. The molecule has 2 saturated carbocycles. The summed E-state index contributed by atoms with van der Waals surface area (Å²) in [5, 5.41) is 0. The molecule has 11 nitrogen and oxygen atoms in total. The molecular formula is C54H92O11Si3. The van der Waals surface area contributed by atoms with Crippen molar-refractivity contribution in [1.29, 1.82) is 0 Å². The first kappa shape index (κ1) is 57.8. The second-order valence-corrected chi connectivity index (χ2v) is 28.1. The Morgan fingerprint density at radius 1 is 0.794 bits per heavy atom. The number of ether oxygens (including phenoxy) is 5. The molecule has 0 aromatic heterocycles. The molecule has 3 fully saturated rings. The number of esters is 4. The summed E-state index contributed by atoms with van der Waals surface area (Å²) in [6.45, 7) is 14.6. The lowest BCUT2D eigenvalue weighted by Crippen LogP contribution is -2.32. The highest BCUT2D eigenvalue weighted by Crippen LogP contribution is 2.42. The van der Waals surface area contributed by atoms with Crippen LogP contribution in [0.1, 0.15) is 199 Å². The fourth-order valence-electron chi connectivity index (χ4n) is 10.7. The third-order valence-corrected chi connectivity index (χ3v) is 20.7. The lowest BCUT2D eigenvalue weighted by Gasteiger charge is -2.37. The standard InChI is InChI=1S/C54H92O11Si3/c1-7-8-13-17-42-19-22-44(23-20-42)45-24-30-48(31-25-45)63-53(58)46-26-28-47(29-27-46)59-33-14-11-9-10-12-15-34-60-50(55)32-21-43-18-16-35-68(65-67-64-66)49(37-43)36-41(4)52(57)62-39-54(5,6)38-61-51(56)40(2)3/h26-29,41-45,48-49,68H,2,7-25,30-39,67H2,1,3-6,66H3. The molecule has 1 saturated heterocycles. The Hall–Kier alpha value is -2.79. The van der Waals surface area contributed by atoms with Crippen molar-refractivity contribution in [2.45, 2.75) is 206 Å². The monoisotopic (exact) mass is 1000 g/mol. The van der Waals surface area contributed by atoms with Crippen molar-refractivity contribution in [1.82, 2.24) is 0 Å². The van der Waals surface area contributed by atoms with Crippen LogP contribution in [0.3, 0.4) is 0 Å². The van der Waals surface area contributed by atoms with Crippen molar-refractivity contribution in [2.24, 2.45) is 35.0 Å². The molecule has 4 atom stereocenters. The lowest BCUT2D eigenvalue weighted by molar-refractivity contribution is -0.154. The maximum Gasteiger partial charge on any atom is 0.338 e. The quantitative estimate of drug-likeness (QED) is 0.0231. The van der Waals surface area contributed by atoms with Crippen LogP contribution >= 0.6 is 0 Å². The summed E-state index contributed by atoms with van der Waals surface area (Å²) >= 11 is 0. The molecule has 14 heteroatoms. The van der Waals surface area contributed by atoms with Gasteiger partial charge in [-0.25, -0.2) is 9.59 Å². The number of unbranched alkanes of at least 4 members (excludes halogenated alkanes) is 7. The lowest BCUT2D eigenvalue weighted by atomic mass is 9.70. The molecule has 68 heavy (non-hydrogen) atoms. The van der Waals surface area contributed by atoms with E-state index in [0.29, 0.717) is 59.1 Å². The first-order valence-electron chi connectivity index (χ1n) is 27.0. The molecule has 1 aromatic rings. The van der Waals surface area contributed by atoms with Crippen molar-refractivity contribution in [3.8, 4) is 5.75 Å². The van der Waals surface area contributed by atoms with E-state index in [1.165, 1.54) is 64.2 Å². The van der Waals surface area contributed by atoms with E-state index in [1.807, 2.05) is 45.0 Å². The molecule has 4 rings (SSSR count). The Balaban J connectivity index is 1.02. The van der Waals surface area contributed by atoms with Gasteiger partial charge in [-0.1, -0.05) is 111 Å². The molecule has 0 spiro atoms. The van der Waals surface area contributed by atoms with Gasteiger partial charge in [0, 0.05) is 17.4 Å². The Kier molecular flexibility index (Phi) is 27.4. The number of carbonyl (C=O) groups excluding carboxylic acids is 4. The van der Waals surface area contributed by atoms with Crippen LogP contribution in [0.4, 0.5) is 0 Å². The highest BCUT2D eigenvalue weighted by molar-refractivity contribution is 6.59. The fourth-order valence-corrected chi connectivity index (χ4v) is 17.4. The van der Waals surface area contributed by atoms with Gasteiger partial charge in [-0.3, -0.25) is 9.59 Å². The van der Waals surface area contributed by atoms with Gasteiger partial charge in [0.1, 0.15) is 22.3 Å². The molecule has 0 radical (unpaired) electrons. The van der Waals surface area contributed by atoms with Crippen LogP contribution in [0.25, 0.3) is 0 Å². The smallest absolute Gasteiger partial charge is 0.338 e. The van der Waals surface area contributed by atoms with Gasteiger partial charge in [-0.2, -0.15) is 0 Å². The van der Waals surface area contributed by atoms with Crippen LogP contribution in [-0.4, -0.2) is 85.9 Å². The number of benzene rings is 1. The Morgan fingerprint density at radius 2 is 1.44 bits per heavy atom. The average Bonchev–Trinajstić information content (AvgIpc) is 3.53. The van der Waals surface area contributed by atoms with Gasteiger partial charge in [0.05, 0.1) is 37.9 Å². The van der Waals surface area contributed by atoms with Gasteiger partial charge < -0.3 is 31.9 Å². The van der Waals surface area contributed by atoms with E-state index in [1.54, 1.807) is 6.92 Å². The summed E-state index contributed by atoms with van der Waals surface area (Å²) in [6, 6.07) is 8.46. The van der Waals surface area contributed by atoms with Gasteiger partial charge in [-0.15, -0.1) is 0 Å².